The molecule has 26 valence electrons. The summed E-state index contributed by atoms with van der Waals surface area (Å²) >= 11 is 4.78. The molecule has 0 saturated heterocycles. The topological polar surface area (TPSA) is 0 Å². The molecule has 0 unspecified atom stereocenters. The van der Waals surface area contributed by atoms with Crippen LogP contribution in [0.5, 0.6) is 0 Å². The lowest BCUT2D eigenvalue weighted by Crippen LogP contribution is -1.72. The van der Waals surface area contributed by atoms with Gasteiger partial charge in [0, 0.05) is 11.8 Å². The second kappa shape index (κ2) is 2.89. The minimum absolute atomic E-state index is 0.912. The van der Waals surface area contributed by atoms with Gasteiger partial charge in [0.15, 0.2) is 0 Å². The molecule has 3 heteroatoms. The summed E-state index contributed by atoms with van der Waals surface area (Å²) < 4.78 is 0.912. The van der Waals surface area contributed by atoms with Crippen molar-refractivity contribution in [2.24, 2.45) is 0 Å². The molecule has 4 heavy (non-hydrogen) atoms. The maximum atomic E-state index is 2.39. The Morgan fingerprint density at radius 3 is 1.50 bits per heavy atom. The Balaban J connectivity index is 2.32. The molecule has 0 aromatic rings. The van der Waals surface area contributed by atoms with E-state index in [0.717, 1.165) is 1.55 Å². The van der Waals surface area contributed by atoms with Gasteiger partial charge in [-0.3, -0.25) is 0 Å². The zero-order valence-electron chi connectivity index (χ0n) is 2.33. The molecule has 0 aliphatic rings. The van der Waals surface area contributed by atoms with Crippen LogP contribution in [0.15, 0.2) is 0 Å². The highest BCUT2D eigenvalue weighted by molar-refractivity contribution is 14.2. The van der Waals surface area contributed by atoms with Crippen molar-refractivity contribution in [3.05, 3.63) is 0 Å². The van der Waals surface area contributed by atoms with E-state index in [1.54, 1.807) is 0 Å². The van der Waals surface area contributed by atoms with E-state index < -0.39 is 0 Å². The Hall–Kier alpha value is 1.68. The van der Waals surface area contributed by atoms with Crippen LogP contribution in [-0.4, -0.2) is 11.8 Å². The van der Waals surface area contributed by atoms with Gasteiger partial charge in [-0.25, -0.2) is 0 Å². The number of alkyl halides is 2. The van der Waals surface area contributed by atoms with Crippen LogP contribution in [0.2, 0.25) is 0 Å². The van der Waals surface area contributed by atoms with Crippen molar-refractivity contribution in [3.63, 3.8) is 0 Å². The Morgan fingerprint density at radius 1 is 1.50 bits per heavy atom. The van der Waals surface area contributed by atoms with E-state index >= 15 is 0 Å². The molecule has 0 saturated carbocycles. The van der Waals surface area contributed by atoms with E-state index in [4.69, 9.17) is 0 Å². The largest absolute Gasteiger partial charge is 0.0758 e. The molecular formula is CH4I2Si. The lowest BCUT2D eigenvalue weighted by molar-refractivity contribution is 2.27. The monoisotopic (exact) mass is 298 g/mol. The van der Waals surface area contributed by atoms with Crippen molar-refractivity contribution in [2.75, 3.05) is 0 Å². The normalized spacial score (nSPS) is 9.75. The molecule has 0 spiro atoms. The van der Waals surface area contributed by atoms with E-state index in [-0.39, 0.29) is 0 Å². The average molecular weight is 298 g/mol. The van der Waals surface area contributed by atoms with Gasteiger partial charge >= 0.3 is 0 Å². The van der Waals surface area contributed by atoms with E-state index in [9.17, 15) is 0 Å². The zero-order chi connectivity index (χ0) is 3.58. The lowest BCUT2D eigenvalue weighted by atomic mass is 11.9. The smallest absolute Gasteiger partial charge is 0.0449 e. The van der Waals surface area contributed by atoms with Gasteiger partial charge in [-0.15, -0.1) is 0 Å². The van der Waals surface area contributed by atoms with Crippen LogP contribution >= 0.6 is 45.2 Å². The summed E-state index contributed by atoms with van der Waals surface area (Å²) in [6.45, 7) is 0. The second-order valence-electron chi connectivity index (χ2n) is 0.519. The molecule has 0 nitrogen and oxygen atoms in total. The van der Waals surface area contributed by atoms with Crippen LogP contribution in [0.1, 0.15) is 0 Å². The van der Waals surface area contributed by atoms with Gasteiger partial charge in [-0.1, -0.05) is 45.2 Å². The zero-order valence-corrected chi connectivity index (χ0v) is 8.65. The van der Waals surface area contributed by atoms with Crippen molar-refractivity contribution in [2.45, 2.75) is 1.55 Å². The predicted molar refractivity (Wildman–Crippen MR) is 41.8 cm³/mol. The van der Waals surface area contributed by atoms with Crippen LogP contribution in [0.3, 0.4) is 0 Å². The Morgan fingerprint density at radius 2 is 1.50 bits per heavy atom. The van der Waals surface area contributed by atoms with E-state index in [1.165, 1.54) is 10.2 Å². The molecule has 0 aromatic heterocycles. The molecule has 0 bridgehead atoms. The SMILES string of the molecule is [SiH3]C(I)I. The predicted octanol–water partition coefficient (Wildman–Crippen LogP) is 0.505. The van der Waals surface area contributed by atoms with Crippen LogP contribution in [0.4, 0.5) is 0 Å². The Bertz CT molecular complexity index is 10.8. The van der Waals surface area contributed by atoms with Gasteiger partial charge in [-0.05, 0) is 0 Å². The van der Waals surface area contributed by atoms with E-state index in [1.807, 2.05) is 0 Å². The number of hydrogen-bond acceptors (Lipinski definition) is 0. The Labute approximate surface area is 56.4 Å². The first-order chi connectivity index (χ1) is 1.73. The van der Waals surface area contributed by atoms with E-state index in [2.05, 4.69) is 45.2 Å². The van der Waals surface area contributed by atoms with Gasteiger partial charge in [0.2, 0.25) is 0 Å². The highest BCUT2D eigenvalue weighted by Crippen LogP contribution is 2.00. The van der Waals surface area contributed by atoms with Gasteiger partial charge in [-0.2, -0.15) is 0 Å². The summed E-state index contributed by atoms with van der Waals surface area (Å²) in [5.41, 5.74) is 0. The third kappa shape index (κ3) is 9.37. The van der Waals surface area contributed by atoms with Crippen molar-refractivity contribution in [3.8, 4) is 0 Å². The first-order valence-electron chi connectivity index (χ1n) is 1.01. The van der Waals surface area contributed by atoms with E-state index in [0.29, 0.717) is 0 Å². The summed E-state index contributed by atoms with van der Waals surface area (Å²) in [7, 11) is 1.32. The minimum Gasteiger partial charge on any atom is -0.0758 e. The van der Waals surface area contributed by atoms with Crippen molar-refractivity contribution < 1.29 is 0 Å². The third-order valence-electron chi connectivity index (χ3n) is 0. The molecule has 0 amide bonds. The first-order valence-corrected chi connectivity index (χ1v) is 4.66. The summed E-state index contributed by atoms with van der Waals surface area (Å²) in [6.07, 6.45) is 0. The Kier molecular flexibility index (Phi) is 4.10. The molecule has 0 atom stereocenters. The summed E-state index contributed by atoms with van der Waals surface area (Å²) in [5.74, 6) is 0. The van der Waals surface area contributed by atoms with Crippen LogP contribution in [-0.2, 0) is 0 Å². The van der Waals surface area contributed by atoms with Gasteiger partial charge in [0.05, 0.1) is 0 Å². The maximum Gasteiger partial charge on any atom is 0.0449 e. The molecule has 0 heterocycles. The standard InChI is InChI=1S/CH4I2Si/c2-1(3)4/h1H,4H3. The van der Waals surface area contributed by atoms with Crippen LogP contribution in [0, 0.1) is 0 Å². The third-order valence-corrected chi connectivity index (χ3v) is 0. The molecule has 0 N–H and O–H groups in total. The molecular weight excluding hydrogens is 294 g/mol. The fourth-order valence-electron chi connectivity index (χ4n) is 0. The summed E-state index contributed by atoms with van der Waals surface area (Å²) in [4.78, 5) is 0. The average Bonchev–Trinajstić information content (AvgIpc) is 0.811. The minimum atomic E-state index is 0.912. The van der Waals surface area contributed by atoms with Gasteiger partial charge < -0.3 is 0 Å². The number of rotatable bonds is 0. The number of halogens is 2. The second-order valence-corrected chi connectivity index (χ2v) is 12.5. The summed E-state index contributed by atoms with van der Waals surface area (Å²) in [5, 5.41) is 0. The fraction of sp³-hybridized carbons (Fsp3) is 1.00. The molecule has 0 rings (SSSR count). The van der Waals surface area contributed by atoms with Gasteiger partial charge in [0.25, 0.3) is 0 Å². The highest BCUT2D eigenvalue weighted by Gasteiger charge is 1.74. The van der Waals surface area contributed by atoms with Crippen molar-refractivity contribution >= 4 is 55.4 Å². The number of hydrogen-bond donors (Lipinski definition) is 0. The molecule has 0 aromatic carbocycles. The first kappa shape index (κ1) is 5.68. The molecule has 0 aliphatic heterocycles. The van der Waals surface area contributed by atoms with Gasteiger partial charge in [0.1, 0.15) is 0 Å². The fourth-order valence-corrected chi connectivity index (χ4v) is 0. The molecule has 0 radical (unpaired) electrons. The van der Waals surface area contributed by atoms with Crippen LogP contribution < -0.4 is 0 Å². The molecule has 0 aliphatic carbocycles. The summed E-state index contributed by atoms with van der Waals surface area (Å²) in [6, 6.07) is 0. The lowest BCUT2D eigenvalue weighted by Gasteiger charge is -1.73. The highest BCUT2D eigenvalue weighted by atomic mass is 127. The quantitative estimate of drug-likeness (QED) is 0.347. The maximum absolute atomic E-state index is 2.39. The van der Waals surface area contributed by atoms with Crippen molar-refractivity contribution in [1.82, 2.24) is 0 Å². The van der Waals surface area contributed by atoms with Crippen LogP contribution in [0.25, 0.3) is 0 Å². The molecule has 0 fully saturated rings. The van der Waals surface area contributed by atoms with Crippen molar-refractivity contribution in [1.29, 1.82) is 0 Å².